The van der Waals surface area contributed by atoms with Crippen molar-refractivity contribution in [1.29, 1.82) is 0 Å². The number of ether oxygens (including phenoxy) is 1. The van der Waals surface area contributed by atoms with Crippen molar-refractivity contribution in [3.63, 3.8) is 0 Å². The van der Waals surface area contributed by atoms with E-state index in [0.717, 1.165) is 38.5 Å². The summed E-state index contributed by atoms with van der Waals surface area (Å²) in [7, 11) is -2.96. The third kappa shape index (κ3) is 5.72. The molecule has 0 N–H and O–H groups in total. The second-order valence-electron chi connectivity index (χ2n) is 6.07. The van der Waals surface area contributed by atoms with Gasteiger partial charge in [-0.15, -0.1) is 0 Å². The molecule has 1 aliphatic heterocycles. The highest BCUT2D eigenvalue weighted by atomic mass is 32.2. The molecule has 20 heavy (non-hydrogen) atoms. The second-order valence-corrected chi connectivity index (χ2v) is 8.58. The zero-order chi connectivity index (χ0) is 14.8. The molecule has 0 bridgehead atoms. The fraction of sp³-hybridized carbons (Fsp3) is 1.00. The maximum Gasteiger partial charge on any atom is 0.160 e. The Morgan fingerprint density at radius 3 is 1.90 bits per heavy atom. The fourth-order valence-electron chi connectivity index (χ4n) is 2.75. The molecule has 1 aliphatic rings. The van der Waals surface area contributed by atoms with E-state index in [1.807, 2.05) is 0 Å². The third-order valence-corrected chi connectivity index (χ3v) is 6.90. The van der Waals surface area contributed by atoms with Crippen molar-refractivity contribution >= 4 is 9.84 Å². The van der Waals surface area contributed by atoms with Gasteiger partial charge in [0.05, 0.1) is 18.5 Å². The quantitative estimate of drug-likeness (QED) is 0.510. The Hall–Kier alpha value is -0.0900. The summed E-state index contributed by atoms with van der Waals surface area (Å²) in [6.07, 6.45) is 11.0. The van der Waals surface area contributed by atoms with Crippen LogP contribution in [0.1, 0.15) is 78.1 Å². The van der Waals surface area contributed by atoms with Gasteiger partial charge in [0, 0.05) is 0 Å². The van der Waals surface area contributed by atoms with Crippen LogP contribution in [-0.4, -0.2) is 32.1 Å². The Morgan fingerprint density at radius 2 is 1.40 bits per heavy atom. The van der Waals surface area contributed by atoms with E-state index in [9.17, 15) is 8.42 Å². The van der Waals surface area contributed by atoms with E-state index in [1.54, 1.807) is 0 Å². The summed E-state index contributed by atoms with van der Waals surface area (Å²) >= 11 is 0. The first kappa shape index (κ1) is 18.0. The van der Waals surface area contributed by atoms with Gasteiger partial charge in [0.25, 0.3) is 0 Å². The van der Waals surface area contributed by atoms with Crippen LogP contribution in [0.4, 0.5) is 0 Å². The van der Waals surface area contributed by atoms with Gasteiger partial charge in [-0.1, -0.05) is 65.2 Å². The first-order valence-corrected chi connectivity index (χ1v) is 10.0. The average molecular weight is 304 g/mol. The summed E-state index contributed by atoms with van der Waals surface area (Å²) in [6.45, 7) is 5.20. The van der Waals surface area contributed by atoms with Crippen molar-refractivity contribution in [2.75, 3.05) is 13.2 Å². The summed E-state index contributed by atoms with van der Waals surface area (Å²) < 4.78 is 30.2. The molecule has 0 amide bonds. The standard InChI is InChI=1S/C16H32O3S/c1-3-5-7-8-10-12-15(11-9-6-4-2)20(17,18)16-13-19-14-16/h15-16H,3-14H2,1-2H3. The lowest BCUT2D eigenvalue weighted by molar-refractivity contribution is 0.0411. The summed E-state index contributed by atoms with van der Waals surface area (Å²) in [5.74, 6) is 0. The van der Waals surface area contributed by atoms with Crippen LogP contribution in [0.25, 0.3) is 0 Å². The van der Waals surface area contributed by atoms with E-state index in [1.165, 1.54) is 25.7 Å². The molecule has 1 heterocycles. The minimum atomic E-state index is -2.96. The van der Waals surface area contributed by atoms with E-state index in [-0.39, 0.29) is 10.5 Å². The molecule has 3 nitrogen and oxygen atoms in total. The van der Waals surface area contributed by atoms with E-state index in [2.05, 4.69) is 13.8 Å². The van der Waals surface area contributed by atoms with Crippen molar-refractivity contribution < 1.29 is 13.2 Å². The zero-order valence-corrected chi connectivity index (χ0v) is 14.1. The van der Waals surface area contributed by atoms with Gasteiger partial charge in [-0.25, -0.2) is 8.42 Å². The molecule has 0 aliphatic carbocycles. The first-order chi connectivity index (χ1) is 9.62. The van der Waals surface area contributed by atoms with E-state index in [0.29, 0.717) is 13.2 Å². The van der Waals surface area contributed by atoms with Gasteiger partial charge in [-0.3, -0.25) is 0 Å². The van der Waals surface area contributed by atoms with Gasteiger partial charge in [0.15, 0.2) is 9.84 Å². The van der Waals surface area contributed by atoms with Gasteiger partial charge in [0.2, 0.25) is 0 Å². The molecule has 1 fully saturated rings. The molecule has 0 spiro atoms. The van der Waals surface area contributed by atoms with Crippen molar-refractivity contribution in [3.05, 3.63) is 0 Å². The van der Waals surface area contributed by atoms with Crippen LogP contribution in [-0.2, 0) is 14.6 Å². The summed E-state index contributed by atoms with van der Waals surface area (Å²) in [6, 6.07) is 0. The maximum absolute atomic E-state index is 12.5. The monoisotopic (exact) mass is 304 g/mol. The van der Waals surface area contributed by atoms with Crippen LogP contribution in [0, 0.1) is 0 Å². The number of rotatable bonds is 12. The zero-order valence-electron chi connectivity index (χ0n) is 13.3. The Balaban J connectivity index is 2.42. The molecular weight excluding hydrogens is 272 g/mol. The van der Waals surface area contributed by atoms with Gasteiger partial charge in [-0.05, 0) is 12.8 Å². The molecule has 0 radical (unpaired) electrons. The van der Waals surface area contributed by atoms with Crippen molar-refractivity contribution in [2.24, 2.45) is 0 Å². The molecule has 1 rings (SSSR count). The van der Waals surface area contributed by atoms with E-state index < -0.39 is 9.84 Å². The molecule has 0 aromatic heterocycles. The predicted molar refractivity (Wildman–Crippen MR) is 84.8 cm³/mol. The topological polar surface area (TPSA) is 43.4 Å². The second kappa shape index (κ2) is 9.78. The first-order valence-electron chi connectivity index (χ1n) is 8.43. The highest BCUT2D eigenvalue weighted by Crippen LogP contribution is 2.25. The van der Waals surface area contributed by atoms with Gasteiger partial charge >= 0.3 is 0 Å². The van der Waals surface area contributed by atoms with E-state index in [4.69, 9.17) is 4.74 Å². The van der Waals surface area contributed by atoms with Gasteiger partial charge in [0.1, 0.15) is 5.25 Å². The minimum absolute atomic E-state index is 0.121. The summed E-state index contributed by atoms with van der Waals surface area (Å²) in [4.78, 5) is 0. The number of hydrogen-bond acceptors (Lipinski definition) is 3. The normalized spacial score (nSPS) is 17.9. The summed E-state index contributed by atoms with van der Waals surface area (Å²) in [5, 5.41) is -0.339. The molecular formula is C16H32O3S. The average Bonchev–Trinajstić information content (AvgIpc) is 2.33. The lowest BCUT2D eigenvalue weighted by Crippen LogP contribution is -2.45. The SMILES string of the molecule is CCCCCCCC(CCCCC)S(=O)(=O)C1COC1. The Kier molecular flexibility index (Phi) is 8.78. The Bertz CT molecular complexity index is 334. The highest BCUT2D eigenvalue weighted by Gasteiger charge is 2.37. The smallest absolute Gasteiger partial charge is 0.160 e. The fourth-order valence-corrected chi connectivity index (χ4v) is 4.85. The Labute approximate surface area is 125 Å². The minimum Gasteiger partial charge on any atom is -0.379 e. The third-order valence-electron chi connectivity index (χ3n) is 4.30. The van der Waals surface area contributed by atoms with Crippen LogP contribution in [0.5, 0.6) is 0 Å². The molecule has 120 valence electrons. The molecule has 1 saturated heterocycles. The van der Waals surface area contributed by atoms with Crippen LogP contribution >= 0.6 is 0 Å². The highest BCUT2D eigenvalue weighted by molar-refractivity contribution is 7.92. The lowest BCUT2D eigenvalue weighted by Gasteiger charge is -2.30. The van der Waals surface area contributed by atoms with Crippen LogP contribution in [0.15, 0.2) is 0 Å². The largest absolute Gasteiger partial charge is 0.379 e. The molecule has 0 saturated carbocycles. The molecule has 0 aromatic carbocycles. The van der Waals surface area contributed by atoms with Crippen molar-refractivity contribution in [2.45, 2.75) is 88.6 Å². The number of sulfone groups is 1. The summed E-state index contributed by atoms with van der Waals surface area (Å²) in [5.41, 5.74) is 0. The van der Waals surface area contributed by atoms with Gasteiger partial charge in [-0.2, -0.15) is 0 Å². The van der Waals surface area contributed by atoms with Gasteiger partial charge < -0.3 is 4.74 Å². The van der Waals surface area contributed by atoms with Crippen molar-refractivity contribution in [1.82, 2.24) is 0 Å². The number of hydrogen-bond donors (Lipinski definition) is 0. The van der Waals surface area contributed by atoms with Crippen LogP contribution in [0.2, 0.25) is 0 Å². The number of unbranched alkanes of at least 4 members (excludes halogenated alkanes) is 6. The molecule has 1 unspecified atom stereocenters. The molecule has 4 heteroatoms. The molecule has 1 atom stereocenters. The predicted octanol–water partition coefficient (Wildman–Crippen LogP) is 4.11. The van der Waals surface area contributed by atoms with E-state index >= 15 is 0 Å². The van der Waals surface area contributed by atoms with Crippen LogP contribution in [0.3, 0.4) is 0 Å². The molecule has 0 aromatic rings. The lowest BCUT2D eigenvalue weighted by atomic mass is 10.1. The Morgan fingerprint density at radius 1 is 0.900 bits per heavy atom. The van der Waals surface area contributed by atoms with Crippen molar-refractivity contribution in [3.8, 4) is 0 Å². The maximum atomic E-state index is 12.5. The van der Waals surface area contributed by atoms with Crippen LogP contribution < -0.4 is 0 Å².